The quantitative estimate of drug-likeness (QED) is 0.155. The molecule has 40 heavy (non-hydrogen) atoms. The monoisotopic (exact) mass is 545 g/mol. The molecule has 6 rings (SSSR count). The van der Waals surface area contributed by atoms with Crippen LogP contribution in [0.3, 0.4) is 0 Å². The zero-order valence-electron chi connectivity index (χ0n) is 22.6. The molecule has 2 atom stereocenters. The molecule has 4 aromatic rings. The van der Waals surface area contributed by atoms with Gasteiger partial charge in [0.25, 0.3) is 5.84 Å². The number of halogens is 4. The summed E-state index contributed by atoms with van der Waals surface area (Å²) in [5.74, 6) is 1.23. The number of amidine groups is 1. The van der Waals surface area contributed by atoms with Crippen molar-refractivity contribution in [3.63, 3.8) is 0 Å². The minimum Gasteiger partial charge on any atom is -0.418 e. The second-order valence-corrected chi connectivity index (χ2v) is 9.92. The maximum atomic E-state index is 9.75. The fourth-order valence-electron chi connectivity index (χ4n) is 5.86. The number of hydrogen-bond donors (Lipinski definition) is 1. The molecule has 2 heterocycles. The standard InChI is InChI=1S/C32H31N3.BF4/c1-3-23-18-13-19-24(4-2)30(23)34-22-35-31(26-16-9-6-10-17-26)29(25-14-7-5-8-15-25)33-32(35)27-20-11-12-21-28(27)34;2-1(3,4)5/h5-21,29,31H,3-4,22H2,1-2H3;/q;-1/p+1. The Hall–Kier alpha value is -4.07. The van der Waals surface area contributed by atoms with Crippen molar-refractivity contribution in [3.8, 4) is 0 Å². The fourth-order valence-corrected chi connectivity index (χ4v) is 5.86. The summed E-state index contributed by atoms with van der Waals surface area (Å²) >= 11 is 0. The molecule has 0 amide bonds. The summed E-state index contributed by atoms with van der Waals surface area (Å²) in [5.41, 5.74) is 9.39. The van der Waals surface area contributed by atoms with Crippen molar-refractivity contribution in [2.45, 2.75) is 38.8 Å². The summed E-state index contributed by atoms with van der Waals surface area (Å²) in [7, 11) is -6.00. The molecule has 0 radical (unpaired) electrons. The average Bonchev–Trinajstić information content (AvgIpc) is 3.36. The van der Waals surface area contributed by atoms with E-state index >= 15 is 0 Å². The number of rotatable bonds is 5. The van der Waals surface area contributed by atoms with E-state index in [1.165, 1.54) is 45.0 Å². The molecule has 2 unspecified atom stereocenters. The predicted molar refractivity (Wildman–Crippen MR) is 155 cm³/mol. The molecule has 1 N–H and O–H groups in total. The lowest BCUT2D eigenvalue weighted by Crippen LogP contribution is -2.39. The van der Waals surface area contributed by atoms with Crippen molar-refractivity contribution < 1.29 is 21.8 Å². The van der Waals surface area contributed by atoms with Crippen LogP contribution in [-0.4, -0.2) is 24.3 Å². The Balaban J connectivity index is 0.000000595. The number of nitrogens with one attached hydrogen (secondary N) is 1. The Labute approximate surface area is 232 Å². The average molecular weight is 545 g/mol. The molecule has 0 fully saturated rings. The number of fused-ring (bicyclic) bond motifs is 2. The highest BCUT2D eigenvalue weighted by Gasteiger charge is 2.47. The van der Waals surface area contributed by atoms with E-state index in [0.717, 1.165) is 19.5 Å². The number of nitrogens with zero attached hydrogens (tertiary/aromatic N) is 2. The highest BCUT2D eigenvalue weighted by molar-refractivity contribution is 6.50. The molecule has 0 aliphatic carbocycles. The Morgan fingerprint density at radius 1 is 0.725 bits per heavy atom. The van der Waals surface area contributed by atoms with Crippen LogP contribution < -0.4 is 10.2 Å². The van der Waals surface area contributed by atoms with E-state index in [9.17, 15) is 17.3 Å². The molecule has 2 aliphatic heterocycles. The first kappa shape index (κ1) is 27.5. The second-order valence-electron chi connectivity index (χ2n) is 9.92. The van der Waals surface area contributed by atoms with E-state index < -0.39 is 7.25 Å². The summed E-state index contributed by atoms with van der Waals surface area (Å²) in [6.45, 7) is 5.34. The predicted octanol–water partition coefficient (Wildman–Crippen LogP) is 8.07. The lowest BCUT2D eigenvalue weighted by Gasteiger charge is -2.34. The topological polar surface area (TPSA) is 18.3 Å². The summed E-state index contributed by atoms with van der Waals surface area (Å²) in [5, 5.41) is 3.96. The van der Waals surface area contributed by atoms with E-state index in [0.29, 0.717) is 0 Å². The van der Waals surface area contributed by atoms with Gasteiger partial charge in [0.1, 0.15) is 0 Å². The largest absolute Gasteiger partial charge is 0.673 e. The van der Waals surface area contributed by atoms with E-state index in [1.807, 2.05) is 0 Å². The van der Waals surface area contributed by atoms with Gasteiger partial charge in [-0.1, -0.05) is 105 Å². The van der Waals surface area contributed by atoms with Crippen molar-refractivity contribution in [2.75, 3.05) is 11.6 Å². The molecule has 0 spiro atoms. The molecule has 0 saturated carbocycles. The fraction of sp³-hybridized carbons (Fsp3) is 0.219. The number of aryl methyl sites for hydroxylation is 2. The van der Waals surface area contributed by atoms with Crippen LogP contribution in [0.5, 0.6) is 0 Å². The van der Waals surface area contributed by atoms with Crippen LogP contribution in [-0.2, 0) is 12.8 Å². The highest BCUT2D eigenvalue weighted by atomic mass is 19.5. The maximum Gasteiger partial charge on any atom is 0.673 e. The van der Waals surface area contributed by atoms with Gasteiger partial charge in [0, 0.05) is 11.1 Å². The van der Waals surface area contributed by atoms with Gasteiger partial charge in [0.05, 0.1) is 16.9 Å². The minimum absolute atomic E-state index is 0.175. The number of para-hydroxylation sites is 2. The van der Waals surface area contributed by atoms with Gasteiger partial charge in [0.2, 0.25) is 0 Å². The maximum absolute atomic E-state index is 9.75. The molecule has 0 saturated heterocycles. The number of benzene rings is 4. The minimum atomic E-state index is -6.00. The molecule has 206 valence electrons. The molecular weight excluding hydrogens is 513 g/mol. The molecule has 2 aliphatic rings. The summed E-state index contributed by atoms with van der Waals surface area (Å²) in [4.78, 5) is 2.56. The normalized spacial score (nSPS) is 17.9. The first-order chi connectivity index (χ1) is 19.3. The molecule has 3 nitrogen and oxygen atoms in total. The van der Waals surface area contributed by atoms with Gasteiger partial charge in [-0.2, -0.15) is 0 Å². The SMILES string of the molecule is CCc1cccc(CC)c1N1C[N+]2=C(NC(c3ccccc3)C2c2ccccc2)c2ccccc21.F[B-](F)(F)F. The highest BCUT2D eigenvalue weighted by Crippen LogP contribution is 2.43. The van der Waals surface area contributed by atoms with Gasteiger partial charge >= 0.3 is 7.25 Å². The molecule has 0 aromatic heterocycles. The third-order valence-electron chi connectivity index (χ3n) is 7.51. The van der Waals surface area contributed by atoms with E-state index in [-0.39, 0.29) is 12.1 Å². The van der Waals surface area contributed by atoms with Crippen molar-refractivity contribution in [1.82, 2.24) is 5.32 Å². The number of hydrogen-bond acceptors (Lipinski definition) is 2. The smallest absolute Gasteiger partial charge is 0.418 e. The van der Waals surface area contributed by atoms with Crippen molar-refractivity contribution in [2.24, 2.45) is 0 Å². The summed E-state index contributed by atoms with van der Waals surface area (Å²) in [6, 6.07) is 37.9. The van der Waals surface area contributed by atoms with Crippen LogP contribution >= 0.6 is 0 Å². The molecular formula is C32H32BF4N3. The van der Waals surface area contributed by atoms with Gasteiger partial charge in [-0.25, -0.2) is 4.58 Å². The van der Waals surface area contributed by atoms with Crippen LogP contribution in [0.15, 0.2) is 103 Å². The van der Waals surface area contributed by atoms with Crippen LogP contribution in [0.4, 0.5) is 28.6 Å². The zero-order valence-corrected chi connectivity index (χ0v) is 22.6. The van der Waals surface area contributed by atoms with Crippen molar-refractivity contribution in [1.29, 1.82) is 0 Å². The van der Waals surface area contributed by atoms with Crippen LogP contribution in [0.1, 0.15) is 53.7 Å². The van der Waals surface area contributed by atoms with E-state index in [2.05, 4.69) is 132 Å². The van der Waals surface area contributed by atoms with E-state index in [1.54, 1.807) is 0 Å². The lowest BCUT2D eigenvalue weighted by atomic mass is 9.94. The first-order valence-electron chi connectivity index (χ1n) is 13.6. The first-order valence-corrected chi connectivity index (χ1v) is 13.6. The Bertz CT molecular complexity index is 1460. The Kier molecular flexibility index (Phi) is 7.96. The van der Waals surface area contributed by atoms with Gasteiger partial charge in [0.15, 0.2) is 18.8 Å². The number of anilines is 2. The Morgan fingerprint density at radius 3 is 1.82 bits per heavy atom. The second kappa shape index (κ2) is 11.6. The van der Waals surface area contributed by atoms with Gasteiger partial charge in [-0.3, -0.25) is 5.32 Å². The van der Waals surface area contributed by atoms with Crippen LogP contribution in [0.25, 0.3) is 0 Å². The zero-order chi connectivity index (χ0) is 28.3. The lowest BCUT2D eigenvalue weighted by molar-refractivity contribution is -0.566. The van der Waals surface area contributed by atoms with E-state index in [4.69, 9.17) is 0 Å². The van der Waals surface area contributed by atoms with Crippen molar-refractivity contribution >= 4 is 24.5 Å². The summed E-state index contributed by atoms with van der Waals surface area (Å²) < 4.78 is 41.6. The van der Waals surface area contributed by atoms with Gasteiger partial charge in [-0.05, 0) is 36.1 Å². The van der Waals surface area contributed by atoms with Crippen molar-refractivity contribution in [3.05, 3.63) is 131 Å². The van der Waals surface area contributed by atoms with Gasteiger partial charge in [-0.15, -0.1) is 0 Å². The molecule has 8 heteroatoms. The molecule has 0 bridgehead atoms. The van der Waals surface area contributed by atoms with Gasteiger partial charge < -0.3 is 22.2 Å². The third-order valence-corrected chi connectivity index (χ3v) is 7.51. The Morgan fingerprint density at radius 2 is 1.25 bits per heavy atom. The van der Waals surface area contributed by atoms with Crippen LogP contribution in [0, 0.1) is 0 Å². The summed E-state index contributed by atoms with van der Waals surface area (Å²) in [6.07, 6.45) is 2.04. The third kappa shape index (κ3) is 5.62. The van der Waals surface area contributed by atoms with Crippen LogP contribution in [0.2, 0.25) is 0 Å². The molecule has 4 aromatic carbocycles.